The van der Waals surface area contributed by atoms with E-state index in [0.29, 0.717) is 31.6 Å². The van der Waals surface area contributed by atoms with Gasteiger partial charge in [0.15, 0.2) is 12.4 Å². The van der Waals surface area contributed by atoms with E-state index >= 15 is 0 Å². The van der Waals surface area contributed by atoms with Crippen LogP contribution in [0.1, 0.15) is 48.0 Å². The molecule has 2 aromatic carbocycles. The predicted molar refractivity (Wildman–Crippen MR) is 130 cm³/mol. The first-order valence-electron chi connectivity index (χ1n) is 12.1. The Labute approximate surface area is 206 Å². The SMILES string of the molecule is COCCOCC(CC1(C(=O)OCC(=O)c2ccccc2)CCCC1)C(=O)OCc1ccccc1. The van der Waals surface area contributed by atoms with Crippen LogP contribution in [0.2, 0.25) is 0 Å². The second kappa shape index (κ2) is 13.8. The van der Waals surface area contributed by atoms with Crippen molar-refractivity contribution in [3.05, 3.63) is 71.8 Å². The summed E-state index contributed by atoms with van der Waals surface area (Å²) in [4.78, 5) is 38.7. The van der Waals surface area contributed by atoms with E-state index in [4.69, 9.17) is 18.9 Å². The van der Waals surface area contributed by atoms with E-state index in [0.717, 1.165) is 18.4 Å². The van der Waals surface area contributed by atoms with Gasteiger partial charge in [-0.1, -0.05) is 73.5 Å². The molecule has 0 heterocycles. The maximum Gasteiger partial charge on any atom is 0.312 e. The van der Waals surface area contributed by atoms with Crippen molar-refractivity contribution in [3.63, 3.8) is 0 Å². The van der Waals surface area contributed by atoms with Crippen LogP contribution < -0.4 is 0 Å². The van der Waals surface area contributed by atoms with Gasteiger partial charge < -0.3 is 18.9 Å². The minimum absolute atomic E-state index is 0.120. The minimum Gasteiger partial charge on any atom is -0.461 e. The summed E-state index contributed by atoms with van der Waals surface area (Å²) in [5.41, 5.74) is 0.543. The molecule has 0 spiro atoms. The zero-order chi connectivity index (χ0) is 24.9. The third-order valence-electron chi connectivity index (χ3n) is 6.37. The Morgan fingerprint density at radius 3 is 2.20 bits per heavy atom. The van der Waals surface area contributed by atoms with Crippen LogP contribution in [0, 0.1) is 11.3 Å². The molecule has 0 aliphatic heterocycles. The molecule has 1 atom stereocenters. The van der Waals surface area contributed by atoms with Crippen molar-refractivity contribution in [1.29, 1.82) is 0 Å². The van der Waals surface area contributed by atoms with Gasteiger partial charge in [-0.15, -0.1) is 0 Å². The highest BCUT2D eigenvalue weighted by Crippen LogP contribution is 2.44. The fraction of sp³-hybridized carbons (Fsp3) is 0.464. The lowest BCUT2D eigenvalue weighted by molar-refractivity contribution is -0.161. The normalized spacial score (nSPS) is 15.3. The van der Waals surface area contributed by atoms with Crippen LogP contribution in [-0.4, -0.2) is 51.3 Å². The lowest BCUT2D eigenvalue weighted by atomic mass is 9.77. The van der Waals surface area contributed by atoms with Crippen molar-refractivity contribution in [1.82, 2.24) is 0 Å². The number of ether oxygens (including phenoxy) is 4. The molecule has 2 aromatic rings. The van der Waals surface area contributed by atoms with Crippen LogP contribution in [0.3, 0.4) is 0 Å². The Bertz CT molecular complexity index is 936. The van der Waals surface area contributed by atoms with Gasteiger partial charge in [-0.2, -0.15) is 0 Å². The van der Waals surface area contributed by atoms with E-state index in [9.17, 15) is 14.4 Å². The zero-order valence-electron chi connectivity index (χ0n) is 20.3. The fourth-order valence-corrected chi connectivity index (χ4v) is 4.43. The third-order valence-corrected chi connectivity index (χ3v) is 6.37. The molecule has 0 saturated heterocycles. The maximum atomic E-state index is 13.2. The topological polar surface area (TPSA) is 88.1 Å². The number of methoxy groups -OCH3 is 1. The molecule has 3 rings (SSSR count). The molecule has 1 fully saturated rings. The molecule has 0 N–H and O–H groups in total. The highest BCUT2D eigenvalue weighted by molar-refractivity contribution is 5.98. The molecule has 35 heavy (non-hydrogen) atoms. The molecule has 0 amide bonds. The molecule has 1 saturated carbocycles. The molecular formula is C28H34O7. The van der Waals surface area contributed by atoms with Crippen LogP contribution in [0.5, 0.6) is 0 Å². The lowest BCUT2D eigenvalue weighted by Crippen LogP contribution is -2.37. The monoisotopic (exact) mass is 482 g/mol. The molecule has 1 unspecified atom stereocenters. The number of Topliss-reactive ketones (excluding diaryl/α,β-unsaturated/α-hetero) is 1. The first-order chi connectivity index (χ1) is 17.0. The van der Waals surface area contributed by atoms with E-state index in [1.807, 2.05) is 36.4 Å². The molecule has 1 aliphatic carbocycles. The fourth-order valence-electron chi connectivity index (χ4n) is 4.43. The Hall–Kier alpha value is -3.03. The van der Waals surface area contributed by atoms with E-state index in [2.05, 4.69) is 0 Å². The standard InChI is InChI=1S/C28H34O7/c1-32-16-17-33-20-24(26(30)34-19-22-10-4-2-5-11-22)18-28(14-8-9-15-28)27(31)35-21-25(29)23-12-6-3-7-13-23/h2-7,10-13,24H,8-9,14-21H2,1H3. The molecular weight excluding hydrogens is 448 g/mol. The van der Waals surface area contributed by atoms with Gasteiger partial charge in [0.1, 0.15) is 6.61 Å². The number of hydrogen-bond acceptors (Lipinski definition) is 7. The molecule has 7 heteroatoms. The van der Waals surface area contributed by atoms with Crippen molar-refractivity contribution in [2.24, 2.45) is 11.3 Å². The van der Waals surface area contributed by atoms with Gasteiger partial charge in [0.05, 0.1) is 31.2 Å². The number of esters is 2. The van der Waals surface area contributed by atoms with Gasteiger partial charge in [-0.25, -0.2) is 0 Å². The van der Waals surface area contributed by atoms with E-state index in [1.165, 1.54) is 0 Å². The summed E-state index contributed by atoms with van der Waals surface area (Å²) in [6.07, 6.45) is 3.18. The summed E-state index contributed by atoms with van der Waals surface area (Å²) in [5.74, 6) is -1.73. The van der Waals surface area contributed by atoms with Gasteiger partial charge >= 0.3 is 11.9 Å². The average molecular weight is 483 g/mol. The van der Waals surface area contributed by atoms with Crippen LogP contribution in [0.25, 0.3) is 0 Å². The minimum atomic E-state index is -0.835. The summed E-state index contributed by atoms with van der Waals surface area (Å²) < 4.78 is 21.8. The Kier molecular flexibility index (Phi) is 10.4. The summed E-state index contributed by atoms with van der Waals surface area (Å²) in [7, 11) is 1.58. The van der Waals surface area contributed by atoms with Gasteiger partial charge in [-0.05, 0) is 24.8 Å². The second-order valence-corrected chi connectivity index (χ2v) is 8.91. The van der Waals surface area contributed by atoms with Crippen molar-refractivity contribution in [2.75, 3.05) is 33.5 Å². The number of carbonyl (C=O) groups is 3. The van der Waals surface area contributed by atoms with Gasteiger partial charge in [0.2, 0.25) is 0 Å². The van der Waals surface area contributed by atoms with Crippen molar-refractivity contribution < 1.29 is 33.3 Å². The van der Waals surface area contributed by atoms with Crippen LogP contribution >= 0.6 is 0 Å². The van der Waals surface area contributed by atoms with Gasteiger partial charge in [0.25, 0.3) is 0 Å². The van der Waals surface area contributed by atoms with Crippen LogP contribution in [-0.2, 0) is 35.1 Å². The van der Waals surface area contributed by atoms with Crippen LogP contribution in [0.4, 0.5) is 0 Å². The summed E-state index contributed by atoms with van der Waals surface area (Å²) in [6.45, 7) is 0.687. The number of benzene rings is 2. The summed E-state index contributed by atoms with van der Waals surface area (Å²) in [5, 5.41) is 0. The molecule has 1 aliphatic rings. The van der Waals surface area contributed by atoms with Crippen LogP contribution in [0.15, 0.2) is 60.7 Å². The van der Waals surface area contributed by atoms with Crippen molar-refractivity contribution in [2.45, 2.75) is 38.7 Å². The third kappa shape index (κ3) is 8.01. The lowest BCUT2D eigenvalue weighted by Gasteiger charge is -2.30. The van der Waals surface area contributed by atoms with Crippen molar-refractivity contribution in [3.8, 4) is 0 Å². The molecule has 188 valence electrons. The second-order valence-electron chi connectivity index (χ2n) is 8.91. The smallest absolute Gasteiger partial charge is 0.312 e. The highest BCUT2D eigenvalue weighted by atomic mass is 16.5. The number of hydrogen-bond donors (Lipinski definition) is 0. The number of carbonyl (C=O) groups excluding carboxylic acids is 3. The Morgan fingerprint density at radius 1 is 0.886 bits per heavy atom. The van der Waals surface area contributed by atoms with E-state index < -0.39 is 23.3 Å². The number of ketones is 1. The zero-order valence-corrected chi connectivity index (χ0v) is 20.3. The van der Waals surface area contributed by atoms with E-state index in [-0.39, 0.29) is 32.0 Å². The molecule has 0 radical (unpaired) electrons. The molecule has 0 bridgehead atoms. The van der Waals surface area contributed by atoms with Crippen molar-refractivity contribution >= 4 is 17.7 Å². The Morgan fingerprint density at radius 2 is 1.54 bits per heavy atom. The molecule has 7 nitrogen and oxygen atoms in total. The summed E-state index contributed by atoms with van der Waals surface area (Å²) in [6, 6.07) is 18.2. The maximum absolute atomic E-state index is 13.2. The number of rotatable bonds is 14. The first-order valence-corrected chi connectivity index (χ1v) is 12.1. The quantitative estimate of drug-likeness (QED) is 0.224. The predicted octanol–water partition coefficient (Wildman–Crippen LogP) is 4.39. The highest BCUT2D eigenvalue weighted by Gasteiger charge is 2.46. The largest absolute Gasteiger partial charge is 0.461 e. The Balaban J connectivity index is 1.65. The first kappa shape index (κ1) is 26.6. The van der Waals surface area contributed by atoms with Gasteiger partial charge in [-0.3, -0.25) is 14.4 Å². The average Bonchev–Trinajstić information content (AvgIpc) is 3.38. The summed E-state index contributed by atoms with van der Waals surface area (Å²) >= 11 is 0. The molecule has 0 aromatic heterocycles. The van der Waals surface area contributed by atoms with Gasteiger partial charge in [0, 0.05) is 12.7 Å². The van der Waals surface area contributed by atoms with E-state index in [1.54, 1.807) is 31.4 Å².